The minimum absolute atomic E-state index is 0.0612. The molecule has 7 nitrogen and oxygen atoms in total. The summed E-state index contributed by atoms with van der Waals surface area (Å²) in [6, 6.07) is 11.4. The molecule has 0 N–H and O–H groups in total. The molecular formula is C24H23N3O4S. The first-order valence-electron chi connectivity index (χ1n) is 10.4. The summed E-state index contributed by atoms with van der Waals surface area (Å²) in [6.45, 7) is 2.49. The van der Waals surface area contributed by atoms with Crippen LogP contribution in [-0.2, 0) is 0 Å². The van der Waals surface area contributed by atoms with Crippen molar-refractivity contribution in [2.45, 2.75) is 25.8 Å². The molecule has 4 aromatic rings. The number of hydrogen-bond donors (Lipinski definition) is 0. The lowest BCUT2D eigenvalue weighted by Crippen LogP contribution is -2.31. The normalized spacial score (nSPS) is 16.0. The molecule has 1 aromatic carbocycles. The fraction of sp³-hybridized carbons (Fsp3) is 0.292. The Morgan fingerprint density at radius 1 is 1.22 bits per heavy atom. The zero-order valence-corrected chi connectivity index (χ0v) is 18.9. The predicted octanol–water partition coefficient (Wildman–Crippen LogP) is 5.25. The minimum Gasteiger partial charge on any atom is -0.497 e. The van der Waals surface area contributed by atoms with E-state index < -0.39 is 0 Å². The van der Waals surface area contributed by atoms with Crippen LogP contribution in [0.3, 0.4) is 0 Å². The third-order valence-electron chi connectivity index (χ3n) is 5.93. The van der Waals surface area contributed by atoms with E-state index >= 15 is 0 Å². The van der Waals surface area contributed by atoms with Gasteiger partial charge >= 0.3 is 0 Å². The first kappa shape index (κ1) is 20.5. The topological polar surface area (TPSA) is 77.7 Å². The second kappa shape index (κ2) is 8.27. The number of benzene rings is 1. The van der Waals surface area contributed by atoms with Gasteiger partial charge in [0.2, 0.25) is 0 Å². The summed E-state index contributed by atoms with van der Waals surface area (Å²) < 4.78 is 16.5. The molecule has 3 aromatic heterocycles. The highest BCUT2D eigenvalue weighted by atomic mass is 32.1. The lowest BCUT2D eigenvalue weighted by Gasteiger charge is -2.27. The number of thiophene rings is 1. The highest BCUT2D eigenvalue weighted by Crippen LogP contribution is 2.40. The van der Waals surface area contributed by atoms with E-state index in [0.717, 1.165) is 34.8 Å². The van der Waals surface area contributed by atoms with Gasteiger partial charge in [0.1, 0.15) is 11.5 Å². The van der Waals surface area contributed by atoms with Gasteiger partial charge in [0.05, 0.1) is 47.5 Å². The van der Waals surface area contributed by atoms with Gasteiger partial charge in [-0.1, -0.05) is 11.2 Å². The van der Waals surface area contributed by atoms with Crippen LogP contribution in [0.2, 0.25) is 0 Å². The fourth-order valence-corrected chi connectivity index (χ4v) is 5.09. The van der Waals surface area contributed by atoms with E-state index in [-0.39, 0.29) is 11.9 Å². The van der Waals surface area contributed by atoms with Crippen LogP contribution >= 0.6 is 11.3 Å². The number of nitrogens with zero attached hydrogens (tertiary/aromatic N) is 3. The summed E-state index contributed by atoms with van der Waals surface area (Å²) in [5.74, 6) is 1.42. The summed E-state index contributed by atoms with van der Waals surface area (Å²) in [5, 5.41) is 6.73. The quantitative estimate of drug-likeness (QED) is 0.414. The minimum atomic E-state index is -0.110. The van der Waals surface area contributed by atoms with Crippen molar-refractivity contribution in [1.82, 2.24) is 15.0 Å². The van der Waals surface area contributed by atoms with Crippen molar-refractivity contribution in [1.29, 1.82) is 0 Å². The summed E-state index contributed by atoms with van der Waals surface area (Å²) in [6.07, 6.45) is 1.76. The number of aromatic nitrogens is 2. The number of likely N-dealkylation sites (tertiary alicyclic amines) is 1. The van der Waals surface area contributed by atoms with E-state index in [9.17, 15) is 4.79 Å². The summed E-state index contributed by atoms with van der Waals surface area (Å²) in [5.41, 5.74) is 3.26. The number of pyridine rings is 1. The van der Waals surface area contributed by atoms with Gasteiger partial charge in [0.15, 0.2) is 0 Å². The van der Waals surface area contributed by atoms with Gasteiger partial charge in [-0.2, -0.15) is 0 Å². The molecule has 0 bridgehead atoms. The molecule has 164 valence electrons. The van der Waals surface area contributed by atoms with Gasteiger partial charge < -0.3 is 18.9 Å². The van der Waals surface area contributed by atoms with Gasteiger partial charge in [0.25, 0.3) is 11.6 Å². The van der Waals surface area contributed by atoms with Crippen LogP contribution in [0.15, 0.2) is 46.3 Å². The van der Waals surface area contributed by atoms with Crippen LogP contribution < -0.4 is 9.47 Å². The number of rotatable bonds is 5. The van der Waals surface area contributed by atoms with Crippen LogP contribution in [-0.4, -0.2) is 41.7 Å². The molecule has 32 heavy (non-hydrogen) atoms. The Morgan fingerprint density at radius 2 is 2.09 bits per heavy atom. The van der Waals surface area contributed by atoms with Crippen molar-refractivity contribution in [3.8, 4) is 22.1 Å². The maximum Gasteiger partial charge on any atom is 0.259 e. The molecule has 5 rings (SSSR count). The number of carbonyl (C=O) groups excluding carboxylic acids is 1. The predicted molar refractivity (Wildman–Crippen MR) is 122 cm³/mol. The lowest BCUT2D eigenvalue weighted by atomic mass is 10.0. The molecule has 1 atom stereocenters. The average molecular weight is 450 g/mol. The molecule has 1 amide bonds. The van der Waals surface area contributed by atoms with Gasteiger partial charge in [0, 0.05) is 12.1 Å². The molecule has 1 aliphatic rings. The Bertz CT molecular complexity index is 1280. The van der Waals surface area contributed by atoms with E-state index in [0.29, 0.717) is 34.6 Å². The Labute approximate surface area is 189 Å². The monoisotopic (exact) mass is 449 g/mol. The molecule has 1 saturated heterocycles. The average Bonchev–Trinajstić information content (AvgIpc) is 3.59. The van der Waals surface area contributed by atoms with Gasteiger partial charge in [-0.3, -0.25) is 4.79 Å². The smallest absolute Gasteiger partial charge is 0.259 e. The Hall–Kier alpha value is -3.39. The molecular weight excluding hydrogens is 426 g/mol. The molecule has 0 spiro atoms. The molecule has 0 saturated carbocycles. The summed E-state index contributed by atoms with van der Waals surface area (Å²) >= 11 is 1.57. The van der Waals surface area contributed by atoms with Crippen LogP contribution in [0.5, 0.6) is 11.5 Å². The highest BCUT2D eigenvalue weighted by Gasteiger charge is 2.34. The van der Waals surface area contributed by atoms with Crippen LogP contribution in [0.4, 0.5) is 0 Å². The van der Waals surface area contributed by atoms with Crippen LogP contribution in [0.25, 0.3) is 21.7 Å². The van der Waals surface area contributed by atoms with Crippen LogP contribution in [0, 0.1) is 6.92 Å². The zero-order valence-electron chi connectivity index (χ0n) is 18.1. The number of carbonyl (C=O) groups is 1. The van der Waals surface area contributed by atoms with Crippen LogP contribution in [0.1, 0.15) is 40.5 Å². The SMILES string of the molecule is COc1ccc(OC)c([C@H]2CCCN2C(=O)c2cc(-c3cccs3)nc3onc(C)c23)c1. The number of hydrogen-bond acceptors (Lipinski definition) is 7. The largest absolute Gasteiger partial charge is 0.497 e. The van der Waals surface area contributed by atoms with Crippen molar-refractivity contribution in [2.24, 2.45) is 0 Å². The van der Waals surface area contributed by atoms with E-state index in [1.54, 1.807) is 25.6 Å². The molecule has 0 aliphatic carbocycles. The number of methoxy groups -OCH3 is 2. The number of amides is 1. The Balaban J connectivity index is 1.60. The Kier molecular flexibility index (Phi) is 5.30. The first-order valence-corrected chi connectivity index (χ1v) is 11.3. The standard InChI is InChI=1S/C24H23N3O4S/c1-14-22-17(13-18(21-7-5-11-32-21)25-23(22)31-26-14)24(28)27-10-4-6-19(27)16-12-15(29-2)8-9-20(16)30-3/h5,7-9,11-13,19H,4,6,10H2,1-3H3/t19-/m1/s1. The first-order chi connectivity index (χ1) is 15.6. The highest BCUT2D eigenvalue weighted by molar-refractivity contribution is 7.13. The van der Waals surface area contributed by atoms with Crippen molar-refractivity contribution in [2.75, 3.05) is 20.8 Å². The number of fused-ring (bicyclic) bond motifs is 1. The number of aryl methyl sites for hydroxylation is 1. The molecule has 8 heteroatoms. The lowest BCUT2D eigenvalue weighted by molar-refractivity contribution is 0.0736. The maximum atomic E-state index is 13.9. The zero-order chi connectivity index (χ0) is 22.2. The van der Waals surface area contributed by atoms with E-state index in [1.807, 2.05) is 53.6 Å². The molecule has 1 fully saturated rings. The molecule has 0 radical (unpaired) electrons. The van der Waals surface area contributed by atoms with E-state index in [1.165, 1.54) is 0 Å². The third-order valence-corrected chi connectivity index (χ3v) is 6.82. The Morgan fingerprint density at radius 3 is 2.84 bits per heavy atom. The van der Waals surface area contributed by atoms with E-state index in [4.69, 9.17) is 14.0 Å². The fourth-order valence-electron chi connectivity index (χ4n) is 4.40. The molecule has 4 heterocycles. The molecule has 1 aliphatic heterocycles. The second-order valence-electron chi connectivity index (χ2n) is 7.74. The molecule has 0 unspecified atom stereocenters. The summed E-state index contributed by atoms with van der Waals surface area (Å²) in [7, 11) is 3.28. The maximum absolute atomic E-state index is 13.9. The van der Waals surface area contributed by atoms with Gasteiger partial charge in [-0.15, -0.1) is 11.3 Å². The van der Waals surface area contributed by atoms with Crippen molar-refractivity contribution in [3.63, 3.8) is 0 Å². The van der Waals surface area contributed by atoms with Gasteiger partial charge in [-0.25, -0.2) is 4.98 Å². The number of ether oxygens (including phenoxy) is 2. The summed E-state index contributed by atoms with van der Waals surface area (Å²) in [4.78, 5) is 21.4. The van der Waals surface area contributed by atoms with Crippen molar-refractivity contribution >= 4 is 28.3 Å². The van der Waals surface area contributed by atoms with Crippen molar-refractivity contribution in [3.05, 3.63) is 58.6 Å². The second-order valence-corrected chi connectivity index (χ2v) is 8.69. The van der Waals surface area contributed by atoms with Gasteiger partial charge in [-0.05, 0) is 55.5 Å². The van der Waals surface area contributed by atoms with Crippen molar-refractivity contribution < 1.29 is 18.8 Å². The third kappa shape index (κ3) is 3.40. The van der Waals surface area contributed by atoms with E-state index in [2.05, 4.69) is 10.1 Å².